The summed E-state index contributed by atoms with van der Waals surface area (Å²) in [6, 6.07) is 17.6. The number of hydrogen-bond acceptors (Lipinski definition) is 4. The number of hydrogen-bond donors (Lipinski definition) is 1. The van der Waals surface area contributed by atoms with Crippen LogP contribution in [0.5, 0.6) is 11.5 Å². The van der Waals surface area contributed by atoms with Crippen LogP contribution in [-0.2, 0) is 11.2 Å². The highest BCUT2D eigenvalue weighted by molar-refractivity contribution is 5.82. The quantitative estimate of drug-likeness (QED) is 0.573. The van der Waals surface area contributed by atoms with Gasteiger partial charge in [-0.3, -0.25) is 4.79 Å². The zero-order valence-corrected chi connectivity index (χ0v) is 19.0. The van der Waals surface area contributed by atoms with Crippen molar-refractivity contribution in [2.75, 3.05) is 13.2 Å². The molecule has 5 heteroatoms. The number of ether oxygens (including phenoxy) is 2. The molecule has 31 heavy (non-hydrogen) atoms. The Morgan fingerprint density at radius 2 is 1.84 bits per heavy atom. The first-order valence-corrected chi connectivity index (χ1v) is 11.5. The van der Waals surface area contributed by atoms with Crippen molar-refractivity contribution in [1.29, 1.82) is 0 Å². The molecule has 0 unspecified atom stereocenters. The highest BCUT2D eigenvalue weighted by atomic mass is 16.5. The molecule has 1 amide bonds. The van der Waals surface area contributed by atoms with E-state index in [1.165, 1.54) is 5.56 Å². The first-order valence-electron chi connectivity index (χ1n) is 11.5. The average molecular weight is 425 g/mol. The van der Waals surface area contributed by atoms with Gasteiger partial charge in [0.1, 0.15) is 17.6 Å². The largest absolute Gasteiger partial charge is 0.493 e. The molecule has 0 radical (unpaired) electrons. The van der Waals surface area contributed by atoms with Gasteiger partial charge in [0.05, 0.1) is 19.2 Å². The third-order valence-corrected chi connectivity index (χ3v) is 6.00. The van der Waals surface area contributed by atoms with Crippen LogP contribution in [0.25, 0.3) is 0 Å². The molecule has 3 rings (SSSR count). The molecule has 0 bridgehead atoms. The summed E-state index contributed by atoms with van der Waals surface area (Å²) < 4.78 is 12.2. The highest BCUT2D eigenvalue weighted by Crippen LogP contribution is 2.27. The lowest BCUT2D eigenvalue weighted by Crippen LogP contribution is -2.48. The van der Waals surface area contributed by atoms with Crippen molar-refractivity contribution in [3.63, 3.8) is 0 Å². The molecule has 2 aromatic rings. The van der Waals surface area contributed by atoms with Gasteiger partial charge in [-0.2, -0.15) is 0 Å². The molecule has 1 saturated heterocycles. The van der Waals surface area contributed by atoms with E-state index in [2.05, 4.69) is 13.0 Å². The number of amides is 1. The molecular weight excluding hydrogens is 388 g/mol. The summed E-state index contributed by atoms with van der Waals surface area (Å²) in [4.78, 5) is 15.0. The van der Waals surface area contributed by atoms with Gasteiger partial charge in [-0.15, -0.1) is 0 Å². The predicted molar refractivity (Wildman–Crippen MR) is 124 cm³/mol. The Bertz CT molecular complexity index is 824. The van der Waals surface area contributed by atoms with Gasteiger partial charge in [0.25, 0.3) is 0 Å². The normalized spacial score (nSPS) is 19.5. The molecule has 1 aliphatic heterocycles. The number of para-hydroxylation sites is 2. The molecule has 2 N–H and O–H groups in total. The maximum atomic E-state index is 13.0. The molecular formula is C26H36N2O3. The van der Waals surface area contributed by atoms with Gasteiger partial charge in [0.15, 0.2) is 0 Å². The van der Waals surface area contributed by atoms with Crippen LogP contribution in [0.2, 0.25) is 0 Å². The van der Waals surface area contributed by atoms with E-state index in [4.69, 9.17) is 15.2 Å². The van der Waals surface area contributed by atoms with Gasteiger partial charge in [0.2, 0.25) is 5.91 Å². The summed E-state index contributed by atoms with van der Waals surface area (Å²) in [6.07, 6.45) is 3.50. The molecule has 3 atom stereocenters. The van der Waals surface area contributed by atoms with Crippen LogP contribution < -0.4 is 15.2 Å². The summed E-state index contributed by atoms with van der Waals surface area (Å²) in [5, 5.41) is 0. The Morgan fingerprint density at radius 1 is 1.13 bits per heavy atom. The summed E-state index contributed by atoms with van der Waals surface area (Å²) in [5.74, 6) is 1.93. The molecule has 0 spiro atoms. The minimum Gasteiger partial charge on any atom is -0.493 e. The first-order chi connectivity index (χ1) is 15.0. The summed E-state index contributed by atoms with van der Waals surface area (Å²) in [7, 11) is 0. The third-order valence-electron chi connectivity index (χ3n) is 6.00. The van der Waals surface area contributed by atoms with Crippen LogP contribution in [0.15, 0.2) is 54.6 Å². The SMILES string of the molecule is CCc1ccccc1OCCC[C@@H]1C[C@H](Oc2ccccc2)CN1C(=O)[C@@H](N)C(C)C. The van der Waals surface area contributed by atoms with Crippen molar-refractivity contribution in [1.82, 2.24) is 4.90 Å². The van der Waals surface area contributed by atoms with Crippen LogP contribution in [0.1, 0.15) is 45.6 Å². The maximum absolute atomic E-state index is 13.0. The molecule has 0 saturated carbocycles. The van der Waals surface area contributed by atoms with Crippen LogP contribution in [0, 0.1) is 5.92 Å². The number of nitrogens with zero attached hydrogens (tertiary/aromatic N) is 1. The van der Waals surface area contributed by atoms with E-state index < -0.39 is 6.04 Å². The van der Waals surface area contributed by atoms with E-state index in [0.717, 1.165) is 37.2 Å². The lowest BCUT2D eigenvalue weighted by molar-refractivity contribution is -0.134. The number of likely N-dealkylation sites (tertiary alicyclic amines) is 1. The molecule has 1 aliphatic rings. The monoisotopic (exact) mass is 424 g/mol. The second-order valence-electron chi connectivity index (χ2n) is 8.65. The van der Waals surface area contributed by atoms with E-state index >= 15 is 0 Å². The number of benzene rings is 2. The predicted octanol–water partition coefficient (Wildman–Crippen LogP) is 4.44. The van der Waals surface area contributed by atoms with Gasteiger partial charge in [0, 0.05) is 12.5 Å². The van der Waals surface area contributed by atoms with Gasteiger partial charge in [-0.1, -0.05) is 57.2 Å². The minimum absolute atomic E-state index is 0.0163. The molecule has 0 aliphatic carbocycles. The Kier molecular flexibility index (Phi) is 8.35. The second-order valence-corrected chi connectivity index (χ2v) is 8.65. The number of carbonyl (C=O) groups excluding carboxylic acids is 1. The van der Waals surface area contributed by atoms with E-state index in [1.54, 1.807) is 0 Å². The molecule has 2 aromatic carbocycles. The van der Waals surface area contributed by atoms with Crippen molar-refractivity contribution in [2.45, 2.75) is 64.6 Å². The van der Waals surface area contributed by atoms with Crippen LogP contribution in [-0.4, -0.2) is 42.1 Å². The Labute approximate surface area is 186 Å². The molecule has 168 valence electrons. The van der Waals surface area contributed by atoms with Crippen LogP contribution >= 0.6 is 0 Å². The number of carbonyl (C=O) groups is 1. The highest BCUT2D eigenvalue weighted by Gasteiger charge is 2.38. The van der Waals surface area contributed by atoms with Gasteiger partial charge < -0.3 is 20.1 Å². The summed E-state index contributed by atoms with van der Waals surface area (Å²) >= 11 is 0. The Morgan fingerprint density at radius 3 is 2.55 bits per heavy atom. The second kappa shape index (κ2) is 11.2. The topological polar surface area (TPSA) is 64.8 Å². The first kappa shape index (κ1) is 23.1. The van der Waals surface area contributed by atoms with Crippen LogP contribution in [0.3, 0.4) is 0 Å². The van der Waals surface area contributed by atoms with E-state index in [1.807, 2.05) is 67.3 Å². The van der Waals surface area contributed by atoms with Crippen LogP contribution in [0.4, 0.5) is 0 Å². The Balaban J connectivity index is 1.59. The molecule has 1 heterocycles. The zero-order valence-electron chi connectivity index (χ0n) is 19.0. The summed E-state index contributed by atoms with van der Waals surface area (Å²) in [5.41, 5.74) is 7.43. The van der Waals surface area contributed by atoms with Gasteiger partial charge in [-0.05, 0) is 48.9 Å². The molecule has 0 aromatic heterocycles. The summed E-state index contributed by atoms with van der Waals surface area (Å²) in [6.45, 7) is 7.33. The van der Waals surface area contributed by atoms with E-state index in [0.29, 0.717) is 13.2 Å². The van der Waals surface area contributed by atoms with Gasteiger partial charge in [-0.25, -0.2) is 0 Å². The fourth-order valence-corrected chi connectivity index (χ4v) is 4.11. The van der Waals surface area contributed by atoms with E-state index in [9.17, 15) is 4.79 Å². The smallest absolute Gasteiger partial charge is 0.240 e. The number of nitrogens with two attached hydrogens (primary N) is 1. The molecule has 1 fully saturated rings. The zero-order chi connectivity index (χ0) is 22.2. The van der Waals surface area contributed by atoms with Gasteiger partial charge >= 0.3 is 0 Å². The van der Waals surface area contributed by atoms with Crippen molar-refractivity contribution in [3.8, 4) is 11.5 Å². The standard InChI is InChI=1S/C26H36N2O3/c1-4-20-11-8-9-15-24(20)30-16-10-12-21-17-23(31-22-13-6-5-7-14-22)18-28(21)26(29)25(27)19(2)3/h5-9,11,13-15,19,21,23,25H,4,10,12,16-18,27H2,1-3H3/t21-,23+,25+/m1/s1. The van der Waals surface area contributed by atoms with Crippen molar-refractivity contribution < 1.29 is 14.3 Å². The van der Waals surface area contributed by atoms with Crippen molar-refractivity contribution in [3.05, 3.63) is 60.2 Å². The fourth-order valence-electron chi connectivity index (χ4n) is 4.11. The third kappa shape index (κ3) is 6.23. The fraction of sp³-hybridized carbons (Fsp3) is 0.500. The Hall–Kier alpha value is -2.53. The van der Waals surface area contributed by atoms with E-state index in [-0.39, 0.29) is 24.0 Å². The van der Waals surface area contributed by atoms with Crippen molar-refractivity contribution in [2.24, 2.45) is 11.7 Å². The number of aryl methyl sites for hydroxylation is 1. The average Bonchev–Trinajstić information content (AvgIpc) is 3.18. The minimum atomic E-state index is -0.481. The lowest BCUT2D eigenvalue weighted by Gasteiger charge is -2.28. The lowest BCUT2D eigenvalue weighted by atomic mass is 10.0. The van der Waals surface area contributed by atoms with Crippen molar-refractivity contribution >= 4 is 5.91 Å². The maximum Gasteiger partial charge on any atom is 0.240 e. The number of rotatable bonds is 10. The molecule has 5 nitrogen and oxygen atoms in total.